The average molecular weight is 578 g/mol. The molecule has 1 amide bonds. The van der Waals surface area contributed by atoms with E-state index >= 15 is 0 Å². The maximum absolute atomic E-state index is 13.2. The Hall–Kier alpha value is -4.62. The zero-order chi connectivity index (χ0) is 30.4. The zero-order valence-corrected chi connectivity index (χ0v) is 24.9. The lowest BCUT2D eigenvalue weighted by Crippen LogP contribution is -2.45. The summed E-state index contributed by atoms with van der Waals surface area (Å²) in [5.41, 5.74) is 5.70. The quantitative estimate of drug-likeness (QED) is 0.105. The van der Waals surface area contributed by atoms with Crippen LogP contribution in [0, 0.1) is 0 Å². The topological polar surface area (TPSA) is 83.7 Å². The van der Waals surface area contributed by atoms with Gasteiger partial charge in [-0.15, -0.1) is 0 Å². The predicted molar refractivity (Wildman–Crippen MR) is 172 cm³/mol. The molecule has 2 heterocycles. The van der Waals surface area contributed by atoms with E-state index in [-0.39, 0.29) is 5.91 Å². The number of hydrogen-bond acceptors (Lipinski definition) is 5. The molecule has 4 aromatic rings. The van der Waals surface area contributed by atoms with Crippen LogP contribution in [0.3, 0.4) is 0 Å². The van der Waals surface area contributed by atoms with Gasteiger partial charge >= 0.3 is 5.97 Å². The van der Waals surface area contributed by atoms with Gasteiger partial charge in [-0.3, -0.25) is 4.79 Å². The van der Waals surface area contributed by atoms with E-state index in [0.29, 0.717) is 18.7 Å². The van der Waals surface area contributed by atoms with Crippen molar-refractivity contribution in [1.29, 1.82) is 0 Å². The van der Waals surface area contributed by atoms with E-state index in [1.54, 1.807) is 7.11 Å². The molecule has 5 rings (SSSR count). The van der Waals surface area contributed by atoms with Crippen molar-refractivity contribution in [1.82, 2.24) is 10.3 Å². The van der Waals surface area contributed by atoms with Crippen molar-refractivity contribution in [2.24, 2.45) is 0 Å². The van der Waals surface area contributed by atoms with Crippen LogP contribution in [0.2, 0.25) is 0 Å². The van der Waals surface area contributed by atoms with Crippen LogP contribution >= 0.6 is 0 Å². The average Bonchev–Trinajstić information content (AvgIpc) is 3.69. The molecule has 0 saturated heterocycles. The summed E-state index contributed by atoms with van der Waals surface area (Å²) in [6.07, 6.45) is 5.68. The van der Waals surface area contributed by atoms with Gasteiger partial charge in [-0.05, 0) is 78.4 Å². The van der Waals surface area contributed by atoms with Gasteiger partial charge in [0.2, 0.25) is 5.91 Å². The third-order valence-corrected chi connectivity index (χ3v) is 8.39. The zero-order valence-electron chi connectivity index (χ0n) is 24.9. The molecule has 1 unspecified atom stereocenters. The van der Waals surface area contributed by atoms with Gasteiger partial charge in [-0.25, -0.2) is 4.79 Å². The highest BCUT2D eigenvalue weighted by Gasteiger charge is 2.35. The molecule has 0 bridgehead atoms. The molecule has 1 aliphatic heterocycles. The number of methoxy groups -OCH3 is 2. The van der Waals surface area contributed by atoms with Gasteiger partial charge < -0.3 is 24.7 Å². The second kappa shape index (κ2) is 13.1. The summed E-state index contributed by atoms with van der Waals surface area (Å²) in [6, 6.07) is 24.1. The highest BCUT2D eigenvalue weighted by atomic mass is 16.5. The number of aromatic amines is 1. The number of rotatable bonds is 13. The number of unbranched alkanes of at least 4 members (excludes halogenated alkanes) is 2. The minimum atomic E-state index is -0.637. The van der Waals surface area contributed by atoms with Crippen LogP contribution in [0.25, 0.3) is 10.9 Å². The number of esters is 1. The van der Waals surface area contributed by atoms with E-state index in [0.717, 1.165) is 76.8 Å². The third-order valence-electron chi connectivity index (χ3n) is 8.39. The number of anilines is 1. The first-order valence-corrected chi connectivity index (χ1v) is 14.7. The van der Waals surface area contributed by atoms with Crippen LogP contribution in [0.5, 0.6) is 5.75 Å². The van der Waals surface area contributed by atoms with Crippen LogP contribution in [0.4, 0.5) is 5.69 Å². The van der Waals surface area contributed by atoms with Gasteiger partial charge in [0.1, 0.15) is 11.4 Å². The van der Waals surface area contributed by atoms with Crippen LogP contribution in [0.1, 0.15) is 52.9 Å². The molecule has 222 valence electrons. The first-order valence-electron chi connectivity index (χ1n) is 14.7. The maximum atomic E-state index is 13.2. The largest absolute Gasteiger partial charge is 0.497 e. The lowest BCUT2D eigenvalue weighted by molar-refractivity contribution is -0.118. The van der Waals surface area contributed by atoms with Crippen molar-refractivity contribution in [3.8, 4) is 5.75 Å². The first-order chi connectivity index (χ1) is 20.9. The molecule has 0 fully saturated rings. The smallest absolute Gasteiger partial charge is 0.354 e. The summed E-state index contributed by atoms with van der Waals surface area (Å²) >= 11 is 0. The number of aromatic nitrogens is 1. The van der Waals surface area contributed by atoms with Crippen LogP contribution in [-0.4, -0.2) is 44.2 Å². The molecule has 3 aromatic carbocycles. The minimum Gasteiger partial charge on any atom is -0.497 e. The van der Waals surface area contributed by atoms with Crippen LogP contribution in [-0.2, 0) is 21.5 Å². The van der Waals surface area contributed by atoms with E-state index in [2.05, 4.69) is 47.7 Å². The fraction of sp³-hybridized carbons (Fsp3) is 0.278. The van der Waals surface area contributed by atoms with Gasteiger partial charge in [-0.2, -0.15) is 0 Å². The summed E-state index contributed by atoms with van der Waals surface area (Å²) in [7, 11) is 3.03. The van der Waals surface area contributed by atoms with Gasteiger partial charge in [0.15, 0.2) is 0 Å². The van der Waals surface area contributed by atoms with Crippen molar-refractivity contribution in [3.63, 3.8) is 0 Å². The number of H-pyrrole nitrogens is 1. The van der Waals surface area contributed by atoms with Crippen molar-refractivity contribution in [2.45, 2.75) is 37.6 Å². The van der Waals surface area contributed by atoms with Gasteiger partial charge in [0.25, 0.3) is 0 Å². The Balaban J connectivity index is 1.22. The lowest BCUT2D eigenvalue weighted by Gasteiger charge is -2.37. The van der Waals surface area contributed by atoms with E-state index < -0.39 is 11.5 Å². The molecule has 1 aliphatic rings. The molecular weight excluding hydrogens is 538 g/mol. The molecule has 1 aromatic heterocycles. The normalized spacial score (nSPS) is 13.8. The summed E-state index contributed by atoms with van der Waals surface area (Å²) in [5, 5.41) is 4.77. The SMILES string of the molecule is C=CC(=C)C(NCCCCCC(=O)N1CCc2c1ccc1[nH]c(C(=O)OC)cc21)(c1ccccc1)c1ccc(OC)cc1. The Kier molecular flexibility index (Phi) is 9.12. The van der Waals surface area contributed by atoms with Crippen molar-refractivity contribution < 1.29 is 19.1 Å². The van der Waals surface area contributed by atoms with Crippen molar-refractivity contribution in [2.75, 3.05) is 32.2 Å². The number of carbonyl (C=O) groups is 2. The second-order valence-corrected chi connectivity index (χ2v) is 10.8. The highest BCUT2D eigenvalue weighted by Crippen LogP contribution is 2.38. The molecule has 1 atom stereocenters. The number of nitrogens with zero attached hydrogens (tertiary/aromatic N) is 1. The summed E-state index contributed by atoms with van der Waals surface area (Å²) in [6.45, 7) is 9.82. The molecule has 0 spiro atoms. The van der Waals surface area contributed by atoms with Crippen molar-refractivity contribution in [3.05, 3.63) is 120 Å². The molecule has 2 N–H and O–H groups in total. The first kappa shape index (κ1) is 29.9. The Morgan fingerprint density at radius 2 is 1.74 bits per heavy atom. The fourth-order valence-corrected chi connectivity index (χ4v) is 6.12. The van der Waals surface area contributed by atoms with Gasteiger partial charge in [-0.1, -0.05) is 68.1 Å². The lowest BCUT2D eigenvalue weighted by atomic mass is 9.77. The van der Waals surface area contributed by atoms with Crippen LogP contribution in [0.15, 0.2) is 97.6 Å². The number of nitrogens with one attached hydrogen (secondary N) is 2. The summed E-state index contributed by atoms with van der Waals surface area (Å²) in [5.74, 6) is 0.527. The summed E-state index contributed by atoms with van der Waals surface area (Å²) < 4.78 is 10.2. The van der Waals surface area contributed by atoms with E-state index in [9.17, 15) is 9.59 Å². The number of hydrogen-bond donors (Lipinski definition) is 2. The van der Waals surface area contributed by atoms with Gasteiger partial charge in [0, 0.05) is 29.6 Å². The fourth-order valence-electron chi connectivity index (χ4n) is 6.12. The molecular formula is C36H39N3O4. The predicted octanol–water partition coefficient (Wildman–Crippen LogP) is 6.69. The standard InChI is InChI=1S/C36H39N3O4/c1-5-25(2)36(26-12-8-6-9-13-26,27-15-17-28(42-3)18-16-27)37-22-11-7-10-14-34(40)39-23-21-29-30-24-32(35(41)43-4)38-31(30)19-20-33(29)39/h5-6,8-9,12-13,15-20,24,37-38H,1-2,7,10-11,14,21-23H2,3-4H3. The third kappa shape index (κ3) is 5.86. The minimum absolute atomic E-state index is 0.131. The second-order valence-electron chi connectivity index (χ2n) is 10.8. The Labute approximate surface area is 253 Å². The molecule has 43 heavy (non-hydrogen) atoms. The number of amides is 1. The number of carbonyl (C=O) groups excluding carboxylic acids is 2. The molecule has 0 radical (unpaired) electrons. The number of benzene rings is 3. The monoisotopic (exact) mass is 577 g/mol. The number of ether oxygens (including phenoxy) is 2. The molecule has 0 saturated carbocycles. The highest BCUT2D eigenvalue weighted by molar-refractivity contribution is 6.02. The number of fused-ring (bicyclic) bond motifs is 3. The summed E-state index contributed by atoms with van der Waals surface area (Å²) in [4.78, 5) is 30.2. The Morgan fingerprint density at radius 1 is 1.00 bits per heavy atom. The van der Waals surface area contributed by atoms with E-state index in [1.807, 2.05) is 59.5 Å². The maximum Gasteiger partial charge on any atom is 0.354 e. The van der Waals surface area contributed by atoms with Crippen LogP contribution < -0.4 is 15.0 Å². The molecule has 0 aliphatic carbocycles. The van der Waals surface area contributed by atoms with E-state index in [4.69, 9.17) is 9.47 Å². The Bertz CT molecular complexity index is 1620. The Morgan fingerprint density at radius 3 is 2.44 bits per heavy atom. The van der Waals surface area contributed by atoms with E-state index in [1.165, 1.54) is 7.11 Å². The van der Waals surface area contributed by atoms with Crippen molar-refractivity contribution >= 4 is 28.5 Å². The molecule has 7 heteroatoms. The molecule has 7 nitrogen and oxygen atoms in total. The van der Waals surface area contributed by atoms with Gasteiger partial charge in [0.05, 0.1) is 19.8 Å².